The minimum atomic E-state index is -0.760. The number of amides is 3. The van der Waals surface area contributed by atoms with Crippen molar-refractivity contribution in [3.05, 3.63) is 49.6 Å². The fourth-order valence-electron chi connectivity index (χ4n) is 6.83. The highest BCUT2D eigenvalue weighted by atomic mass is 32.2. The molecule has 3 aliphatic heterocycles. The smallest absolute Gasteiger partial charge is 0.248 e. The van der Waals surface area contributed by atoms with Crippen molar-refractivity contribution in [2.75, 3.05) is 33.3 Å². The van der Waals surface area contributed by atoms with E-state index >= 15 is 0 Å². The molecule has 0 aliphatic carbocycles. The molecule has 3 aliphatic rings. The first-order valence-corrected chi connectivity index (χ1v) is 14.3. The van der Waals surface area contributed by atoms with E-state index < -0.39 is 22.6 Å². The Kier molecular flexibility index (Phi) is 7.56. The van der Waals surface area contributed by atoms with Crippen molar-refractivity contribution in [3.8, 4) is 0 Å². The zero-order valence-corrected chi connectivity index (χ0v) is 23.3. The van der Waals surface area contributed by atoms with Crippen LogP contribution in [0.15, 0.2) is 49.6 Å². The molecule has 1 N–H and O–H groups in total. The molecule has 6 atom stereocenters. The SMILES string of the molecule is C=CCN(C)C(=O)[C@@H]1[C@H]2C(=O)N(CCCO)C(C(=O)N(CC=C)Cn3nnc4ccccc43)C23S[C@@H]1CC3C. The summed E-state index contributed by atoms with van der Waals surface area (Å²) in [6.07, 6.45) is 4.46. The maximum absolute atomic E-state index is 14.5. The van der Waals surface area contributed by atoms with Crippen LogP contribution in [0.1, 0.15) is 19.8 Å². The van der Waals surface area contributed by atoms with Gasteiger partial charge in [0.1, 0.15) is 18.2 Å². The van der Waals surface area contributed by atoms with Crippen LogP contribution in [0.3, 0.4) is 0 Å². The number of rotatable bonds is 11. The Morgan fingerprint density at radius 3 is 2.69 bits per heavy atom. The van der Waals surface area contributed by atoms with Gasteiger partial charge in [-0.2, -0.15) is 0 Å². The second-order valence-corrected chi connectivity index (χ2v) is 12.3. The van der Waals surface area contributed by atoms with E-state index in [9.17, 15) is 19.5 Å². The van der Waals surface area contributed by atoms with Gasteiger partial charge in [-0.25, -0.2) is 4.68 Å². The van der Waals surface area contributed by atoms with Gasteiger partial charge in [-0.3, -0.25) is 14.4 Å². The van der Waals surface area contributed by atoms with Crippen LogP contribution < -0.4 is 0 Å². The number of aliphatic hydroxyl groups excluding tert-OH is 1. The number of likely N-dealkylation sites (N-methyl/N-ethyl adjacent to an activating group) is 1. The third kappa shape index (κ3) is 4.26. The predicted octanol–water partition coefficient (Wildman–Crippen LogP) is 1.77. The Labute approximate surface area is 232 Å². The summed E-state index contributed by atoms with van der Waals surface area (Å²) < 4.78 is 0.952. The summed E-state index contributed by atoms with van der Waals surface area (Å²) in [5.74, 6) is -1.48. The van der Waals surface area contributed by atoms with Gasteiger partial charge in [0, 0.05) is 38.5 Å². The Morgan fingerprint density at radius 2 is 1.97 bits per heavy atom. The minimum absolute atomic E-state index is 0.0314. The van der Waals surface area contributed by atoms with Crippen molar-refractivity contribution in [3.63, 3.8) is 0 Å². The van der Waals surface area contributed by atoms with Crippen molar-refractivity contribution < 1.29 is 19.5 Å². The van der Waals surface area contributed by atoms with E-state index in [0.717, 1.165) is 17.5 Å². The summed E-state index contributed by atoms with van der Waals surface area (Å²) in [7, 11) is 1.73. The first-order chi connectivity index (χ1) is 18.8. The van der Waals surface area contributed by atoms with Crippen molar-refractivity contribution in [1.82, 2.24) is 29.7 Å². The predicted molar refractivity (Wildman–Crippen MR) is 149 cm³/mol. The largest absolute Gasteiger partial charge is 0.396 e. The van der Waals surface area contributed by atoms with Gasteiger partial charge in [0.15, 0.2) is 0 Å². The second kappa shape index (κ2) is 10.8. The van der Waals surface area contributed by atoms with Crippen LogP contribution in [0.5, 0.6) is 0 Å². The molecule has 2 aromatic rings. The number of benzene rings is 1. The number of aliphatic hydroxyl groups is 1. The standard InChI is InChI=1S/C28H36N6O4S/c1-5-12-31(4)25(36)22-21-16-18(3)28(39-21)23(22)26(37)33(14-9-15-35)24(28)27(38)32(13-6-2)17-34-20-11-8-7-10-19(20)29-30-34/h5-8,10-11,18,21-24,35H,1-2,9,12-17H2,3-4H3/t18?,21-,22+,23+,24?,28?/m1/s1. The minimum Gasteiger partial charge on any atom is -0.396 e. The number of carbonyl (C=O) groups is 3. The summed E-state index contributed by atoms with van der Waals surface area (Å²) in [5.41, 5.74) is 1.53. The molecule has 4 heterocycles. The highest BCUT2D eigenvalue weighted by Gasteiger charge is 2.76. The Hall–Kier alpha value is -3.18. The molecular formula is C28H36N6O4S. The normalized spacial score (nSPS) is 29.1. The van der Waals surface area contributed by atoms with Gasteiger partial charge in [0.25, 0.3) is 0 Å². The summed E-state index contributed by atoms with van der Waals surface area (Å²) in [4.78, 5) is 47.2. The summed E-state index contributed by atoms with van der Waals surface area (Å²) in [5, 5.41) is 18.1. The van der Waals surface area contributed by atoms with Gasteiger partial charge >= 0.3 is 0 Å². The maximum Gasteiger partial charge on any atom is 0.248 e. The lowest BCUT2D eigenvalue weighted by molar-refractivity contribution is -0.144. The zero-order chi connectivity index (χ0) is 27.9. The third-order valence-electron chi connectivity index (χ3n) is 8.49. The number of thioether (sulfide) groups is 1. The molecular weight excluding hydrogens is 516 g/mol. The molecule has 1 aromatic carbocycles. The van der Waals surface area contributed by atoms with Crippen LogP contribution >= 0.6 is 11.8 Å². The van der Waals surface area contributed by atoms with Crippen molar-refractivity contribution >= 4 is 40.5 Å². The molecule has 2 bridgehead atoms. The number of likely N-dealkylation sites (tertiary alicyclic amines) is 1. The molecule has 3 amide bonds. The van der Waals surface area contributed by atoms with Crippen molar-refractivity contribution in [2.45, 2.75) is 42.5 Å². The quantitative estimate of drug-likeness (QED) is 0.423. The van der Waals surface area contributed by atoms with E-state index in [0.29, 0.717) is 13.0 Å². The molecule has 10 nitrogen and oxygen atoms in total. The Balaban J connectivity index is 1.54. The average Bonchev–Trinajstić information content (AvgIpc) is 3.64. The first-order valence-electron chi connectivity index (χ1n) is 13.4. The van der Waals surface area contributed by atoms with Gasteiger partial charge in [-0.05, 0) is 30.9 Å². The van der Waals surface area contributed by atoms with Crippen LogP contribution in [0.4, 0.5) is 0 Å². The molecule has 5 rings (SSSR count). The van der Waals surface area contributed by atoms with Crippen LogP contribution in [0.2, 0.25) is 0 Å². The van der Waals surface area contributed by atoms with E-state index in [-0.39, 0.29) is 55.3 Å². The zero-order valence-electron chi connectivity index (χ0n) is 22.5. The van der Waals surface area contributed by atoms with E-state index in [4.69, 9.17) is 0 Å². The molecule has 1 aromatic heterocycles. The van der Waals surface area contributed by atoms with E-state index in [1.54, 1.807) is 50.3 Å². The number of aromatic nitrogens is 3. The average molecular weight is 553 g/mol. The van der Waals surface area contributed by atoms with Crippen molar-refractivity contribution in [1.29, 1.82) is 0 Å². The highest BCUT2D eigenvalue weighted by molar-refractivity contribution is 8.02. The van der Waals surface area contributed by atoms with Gasteiger partial charge in [0.2, 0.25) is 17.7 Å². The Morgan fingerprint density at radius 1 is 1.23 bits per heavy atom. The van der Waals surface area contributed by atoms with E-state index in [1.165, 1.54) is 0 Å². The van der Waals surface area contributed by atoms with E-state index in [1.807, 2.05) is 24.3 Å². The molecule has 1 spiro atoms. The molecule has 39 heavy (non-hydrogen) atoms. The van der Waals surface area contributed by atoms with E-state index in [2.05, 4.69) is 30.4 Å². The molecule has 11 heteroatoms. The van der Waals surface area contributed by atoms with Crippen LogP contribution in [0.25, 0.3) is 11.0 Å². The molecule has 208 valence electrons. The lowest BCUT2D eigenvalue weighted by atomic mass is 9.65. The fraction of sp³-hybridized carbons (Fsp3) is 0.536. The topological polar surface area (TPSA) is 112 Å². The lowest BCUT2D eigenvalue weighted by Crippen LogP contribution is -2.57. The van der Waals surface area contributed by atoms with Gasteiger partial charge < -0.3 is 19.8 Å². The highest BCUT2D eigenvalue weighted by Crippen LogP contribution is 2.68. The van der Waals surface area contributed by atoms with Crippen molar-refractivity contribution in [2.24, 2.45) is 17.8 Å². The molecule has 3 fully saturated rings. The number of fused-ring (bicyclic) bond motifs is 2. The Bertz CT molecular complexity index is 1300. The number of para-hydroxylation sites is 1. The third-order valence-corrected chi connectivity index (χ3v) is 10.6. The molecule has 3 saturated heterocycles. The fourth-order valence-corrected chi connectivity index (χ4v) is 9.24. The summed E-state index contributed by atoms with van der Waals surface area (Å²) in [6, 6.07) is 6.79. The van der Waals surface area contributed by atoms with Crippen LogP contribution in [-0.4, -0.2) is 102 Å². The van der Waals surface area contributed by atoms with Crippen LogP contribution in [-0.2, 0) is 21.1 Å². The molecule has 0 saturated carbocycles. The number of carbonyl (C=O) groups excluding carboxylic acids is 3. The van der Waals surface area contributed by atoms with Gasteiger partial charge in [0.05, 0.1) is 22.1 Å². The summed E-state index contributed by atoms with van der Waals surface area (Å²) >= 11 is 1.65. The van der Waals surface area contributed by atoms with Crippen LogP contribution in [0, 0.1) is 17.8 Å². The second-order valence-electron chi connectivity index (χ2n) is 10.7. The number of hydrogen-bond acceptors (Lipinski definition) is 7. The number of nitrogens with zero attached hydrogens (tertiary/aromatic N) is 6. The number of hydrogen-bond donors (Lipinski definition) is 1. The molecule has 3 unspecified atom stereocenters. The maximum atomic E-state index is 14.5. The molecule has 0 radical (unpaired) electrons. The summed E-state index contributed by atoms with van der Waals surface area (Å²) in [6.45, 7) is 10.7. The first kappa shape index (κ1) is 27.4. The van der Waals surface area contributed by atoms with Gasteiger partial charge in [-0.1, -0.05) is 36.4 Å². The lowest BCUT2D eigenvalue weighted by Gasteiger charge is -2.40. The van der Waals surface area contributed by atoms with Gasteiger partial charge in [-0.15, -0.1) is 30.0 Å². The monoisotopic (exact) mass is 552 g/mol.